The van der Waals surface area contributed by atoms with Gasteiger partial charge in [-0.3, -0.25) is 4.79 Å². The zero-order chi connectivity index (χ0) is 12.7. The Morgan fingerprint density at radius 3 is 2.94 bits per heavy atom. The smallest absolute Gasteiger partial charge is 0.232 e. The molecule has 17 heavy (non-hydrogen) atoms. The van der Waals surface area contributed by atoms with Crippen molar-refractivity contribution in [1.29, 1.82) is 0 Å². The molecule has 0 aliphatic carbocycles. The first-order chi connectivity index (χ1) is 8.13. The molecule has 0 aromatic carbocycles. The molecule has 1 atom stereocenters. The molecule has 3 nitrogen and oxygen atoms in total. The summed E-state index contributed by atoms with van der Waals surface area (Å²) in [6.45, 7) is 7.39. The summed E-state index contributed by atoms with van der Waals surface area (Å²) in [5, 5.41) is 3.19. The number of nitrogens with zero attached hydrogens (tertiary/aromatic N) is 1. The molecule has 1 rings (SSSR count). The molecule has 0 radical (unpaired) electrons. The van der Waals surface area contributed by atoms with Crippen molar-refractivity contribution < 1.29 is 4.79 Å². The van der Waals surface area contributed by atoms with E-state index >= 15 is 0 Å². The maximum absolute atomic E-state index is 11.9. The summed E-state index contributed by atoms with van der Waals surface area (Å²) in [5.41, 5.74) is 0. The van der Waals surface area contributed by atoms with E-state index in [0.29, 0.717) is 17.6 Å². The lowest BCUT2D eigenvalue weighted by Crippen LogP contribution is -2.31. The fourth-order valence-corrected chi connectivity index (χ4v) is 3.22. The van der Waals surface area contributed by atoms with Gasteiger partial charge in [0.2, 0.25) is 5.91 Å². The highest BCUT2D eigenvalue weighted by atomic mass is 32.2. The standard InChI is InChI=1S/C13H26N2OS/c1-11(2)5-7-17-10-13(16)15-6-4-12(9-15)8-14-3/h11-12,14H,4-10H2,1-3H3. The highest BCUT2D eigenvalue weighted by molar-refractivity contribution is 7.99. The second kappa shape index (κ2) is 7.98. The molecule has 1 aliphatic rings. The minimum atomic E-state index is 0.331. The van der Waals surface area contributed by atoms with Crippen LogP contribution in [0.2, 0.25) is 0 Å². The summed E-state index contributed by atoms with van der Waals surface area (Å²) in [7, 11) is 1.98. The van der Waals surface area contributed by atoms with Gasteiger partial charge in [-0.15, -0.1) is 0 Å². The van der Waals surface area contributed by atoms with Gasteiger partial charge in [0.15, 0.2) is 0 Å². The van der Waals surface area contributed by atoms with E-state index in [1.807, 2.05) is 11.9 Å². The van der Waals surface area contributed by atoms with Gasteiger partial charge < -0.3 is 10.2 Å². The van der Waals surface area contributed by atoms with Gasteiger partial charge in [-0.2, -0.15) is 11.8 Å². The number of carbonyl (C=O) groups is 1. The van der Waals surface area contributed by atoms with Crippen LogP contribution in [0.3, 0.4) is 0 Å². The zero-order valence-corrected chi connectivity index (χ0v) is 12.2. The maximum atomic E-state index is 11.9. The number of hydrogen-bond donors (Lipinski definition) is 1. The van der Waals surface area contributed by atoms with Crippen molar-refractivity contribution in [3.05, 3.63) is 0 Å². The quantitative estimate of drug-likeness (QED) is 0.707. The first kappa shape index (κ1) is 14.8. The van der Waals surface area contributed by atoms with Crippen molar-refractivity contribution in [3.8, 4) is 0 Å². The highest BCUT2D eigenvalue weighted by Gasteiger charge is 2.25. The molecule has 0 bridgehead atoms. The molecule has 1 unspecified atom stereocenters. The van der Waals surface area contributed by atoms with Gasteiger partial charge in [-0.1, -0.05) is 13.8 Å². The molecule has 1 heterocycles. The molecule has 4 heteroatoms. The molecule has 1 aliphatic heterocycles. The van der Waals surface area contributed by atoms with Crippen molar-refractivity contribution in [2.24, 2.45) is 11.8 Å². The minimum Gasteiger partial charge on any atom is -0.342 e. The molecule has 1 saturated heterocycles. The Kier molecular flexibility index (Phi) is 6.97. The van der Waals surface area contributed by atoms with E-state index in [0.717, 1.165) is 37.7 Å². The first-order valence-electron chi connectivity index (χ1n) is 6.63. The average molecular weight is 258 g/mol. The van der Waals surface area contributed by atoms with E-state index in [4.69, 9.17) is 0 Å². The number of carbonyl (C=O) groups excluding carboxylic acids is 1. The predicted octanol–water partition coefficient (Wildman–Crippen LogP) is 1.83. The topological polar surface area (TPSA) is 32.3 Å². The second-order valence-corrected chi connectivity index (χ2v) is 6.39. The van der Waals surface area contributed by atoms with E-state index < -0.39 is 0 Å². The van der Waals surface area contributed by atoms with E-state index in [1.54, 1.807) is 11.8 Å². The number of likely N-dealkylation sites (tertiary alicyclic amines) is 1. The summed E-state index contributed by atoms with van der Waals surface area (Å²) < 4.78 is 0. The van der Waals surface area contributed by atoms with Crippen LogP contribution in [-0.4, -0.2) is 49.0 Å². The van der Waals surface area contributed by atoms with E-state index in [-0.39, 0.29) is 0 Å². The van der Waals surface area contributed by atoms with Crippen molar-refractivity contribution in [3.63, 3.8) is 0 Å². The molecule has 1 N–H and O–H groups in total. The van der Waals surface area contributed by atoms with E-state index in [1.165, 1.54) is 6.42 Å². The van der Waals surface area contributed by atoms with Gasteiger partial charge in [0, 0.05) is 13.1 Å². The van der Waals surface area contributed by atoms with Crippen LogP contribution in [0.4, 0.5) is 0 Å². The number of rotatable bonds is 7. The van der Waals surface area contributed by atoms with Crippen LogP contribution in [0.1, 0.15) is 26.7 Å². The van der Waals surface area contributed by atoms with Crippen LogP contribution in [-0.2, 0) is 4.79 Å². The van der Waals surface area contributed by atoms with Gasteiger partial charge in [-0.05, 0) is 44.0 Å². The van der Waals surface area contributed by atoms with E-state index in [9.17, 15) is 4.79 Å². The molecule has 0 spiro atoms. The van der Waals surface area contributed by atoms with Crippen molar-refractivity contribution >= 4 is 17.7 Å². The van der Waals surface area contributed by atoms with Crippen molar-refractivity contribution in [2.45, 2.75) is 26.7 Å². The van der Waals surface area contributed by atoms with Crippen LogP contribution >= 0.6 is 11.8 Å². The molecule has 0 aromatic heterocycles. The lowest BCUT2D eigenvalue weighted by atomic mass is 10.1. The van der Waals surface area contributed by atoms with Crippen LogP contribution < -0.4 is 5.32 Å². The predicted molar refractivity (Wildman–Crippen MR) is 75.4 cm³/mol. The minimum absolute atomic E-state index is 0.331. The lowest BCUT2D eigenvalue weighted by molar-refractivity contribution is -0.127. The molecular weight excluding hydrogens is 232 g/mol. The van der Waals surface area contributed by atoms with Gasteiger partial charge in [0.25, 0.3) is 0 Å². The Bertz CT molecular complexity index is 233. The Hall–Kier alpha value is -0.220. The van der Waals surface area contributed by atoms with Gasteiger partial charge in [0.1, 0.15) is 0 Å². The summed E-state index contributed by atoms with van der Waals surface area (Å²) in [5.74, 6) is 3.50. The maximum Gasteiger partial charge on any atom is 0.232 e. The summed E-state index contributed by atoms with van der Waals surface area (Å²) >= 11 is 1.78. The molecular formula is C13H26N2OS. The van der Waals surface area contributed by atoms with Gasteiger partial charge >= 0.3 is 0 Å². The largest absolute Gasteiger partial charge is 0.342 e. The summed E-state index contributed by atoms with van der Waals surface area (Å²) in [4.78, 5) is 14.0. The third-order valence-electron chi connectivity index (χ3n) is 3.20. The third-order valence-corrected chi connectivity index (χ3v) is 4.17. The Morgan fingerprint density at radius 2 is 2.29 bits per heavy atom. The highest BCUT2D eigenvalue weighted by Crippen LogP contribution is 2.17. The third kappa shape index (κ3) is 5.77. The zero-order valence-electron chi connectivity index (χ0n) is 11.4. The summed E-state index contributed by atoms with van der Waals surface area (Å²) in [6, 6.07) is 0. The SMILES string of the molecule is CNCC1CCN(C(=O)CSCCC(C)C)C1. The van der Waals surface area contributed by atoms with Crippen LogP contribution in [0.25, 0.3) is 0 Å². The Balaban J connectivity index is 2.12. The molecule has 100 valence electrons. The molecule has 0 saturated carbocycles. The number of thioether (sulfide) groups is 1. The number of hydrogen-bond acceptors (Lipinski definition) is 3. The Morgan fingerprint density at radius 1 is 1.53 bits per heavy atom. The van der Waals surface area contributed by atoms with Crippen molar-refractivity contribution in [1.82, 2.24) is 10.2 Å². The van der Waals surface area contributed by atoms with Crippen LogP contribution in [0.5, 0.6) is 0 Å². The Labute approximate surface area is 110 Å². The molecule has 1 amide bonds. The summed E-state index contributed by atoms with van der Waals surface area (Å²) in [6.07, 6.45) is 2.36. The van der Waals surface area contributed by atoms with Crippen LogP contribution in [0.15, 0.2) is 0 Å². The van der Waals surface area contributed by atoms with Crippen molar-refractivity contribution in [2.75, 3.05) is 38.2 Å². The fraction of sp³-hybridized carbons (Fsp3) is 0.923. The fourth-order valence-electron chi connectivity index (χ4n) is 2.08. The van der Waals surface area contributed by atoms with Crippen LogP contribution in [0, 0.1) is 11.8 Å². The van der Waals surface area contributed by atoms with E-state index in [2.05, 4.69) is 19.2 Å². The first-order valence-corrected chi connectivity index (χ1v) is 7.79. The second-order valence-electron chi connectivity index (χ2n) is 5.29. The normalized spacial score (nSPS) is 20.2. The average Bonchev–Trinajstić information content (AvgIpc) is 2.73. The van der Waals surface area contributed by atoms with Gasteiger partial charge in [0.05, 0.1) is 5.75 Å². The van der Waals surface area contributed by atoms with Gasteiger partial charge in [-0.25, -0.2) is 0 Å². The monoisotopic (exact) mass is 258 g/mol. The molecule has 1 fully saturated rings. The molecule has 0 aromatic rings. The lowest BCUT2D eigenvalue weighted by Gasteiger charge is -2.16. The number of amides is 1. The number of nitrogens with one attached hydrogen (secondary N) is 1.